The maximum atomic E-state index is 6.20. The van der Waals surface area contributed by atoms with E-state index in [-0.39, 0.29) is 0 Å². The van der Waals surface area contributed by atoms with Crippen molar-refractivity contribution in [1.29, 1.82) is 0 Å². The van der Waals surface area contributed by atoms with Crippen LogP contribution in [0.5, 0.6) is 0 Å². The molecule has 0 fully saturated rings. The first-order valence-corrected chi connectivity index (χ1v) is 10.5. The summed E-state index contributed by atoms with van der Waals surface area (Å²) < 4.78 is 12.4. The largest absolute Gasteiger partial charge is 0.455 e. The van der Waals surface area contributed by atoms with Crippen molar-refractivity contribution in [3.8, 4) is 22.6 Å². The minimum atomic E-state index is 0.787. The standard InChI is InChI=1S/C28H21NO2/c1-16-11-17(2)27(18(3)12-16)25-14-19-13-23(29-15-26(19)30-25)22-9-6-8-21-20-7-4-5-10-24(20)31-28(21)22/h4-15H,1-3H3. The zero-order valence-electron chi connectivity index (χ0n) is 17.7. The SMILES string of the molecule is Cc1cc(C)c(-c2cc3cc(-c4cccc5c4oc4ccccc45)ncc3o2)c(C)c1. The van der Waals surface area contributed by atoms with E-state index in [0.717, 1.165) is 55.5 Å². The van der Waals surface area contributed by atoms with Crippen LogP contribution in [0.25, 0.3) is 55.5 Å². The molecular formula is C28H21NO2. The number of aryl methyl sites for hydroxylation is 3. The minimum absolute atomic E-state index is 0.787. The Morgan fingerprint density at radius 2 is 1.48 bits per heavy atom. The molecule has 31 heavy (non-hydrogen) atoms. The van der Waals surface area contributed by atoms with Gasteiger partial charge in [-0.25, -0.2) is 0 Å². The molecule has 6 aromatic rings. The van der Waals surface area contributed by atoms with E-state index in [9.17, 15) is 0 Å². The van der Waals surface area contributed by atoms with E-state index < -0.39 is 0 Å². The highest BCUT2D eigenvalue weighted by molar-refractivity contribution is 6.09. The van der Waals surface area contributed by atoms with Crippen LogP contribution >= 0.6 is 0 Å². The van der Waals surface area contributed by atoms with Gasteiger partial charge in [0.2, 0.25) is 0 Å². The lowest BCUT2D eigenvalue weighted by Gasteiger charge is -2.08. The Morgan fingerprint density at radius 3 is 2.32 bits per heavy atom. The lowest BCUT2D eigenvalue weighted by molar-refractivity contribution is 0.629. The summed E-state index contributed by atoms with van der Waals surface area (Å²) in [5.41, 5.74) is 9.26. The Morgan fingerprint density at radius 1 is 0.710 bits per heavy atom. The van der Waals surface area contributed by atoms with Gasteiger partial charge in [-0.2, -0.15) is 0 Å². The molecule has 0 aliphatic rings. The second-order valence-corrected chi connectivity index (χ2v) is 8.27. The monoisotopic (exact) mass is 403 g/mol. The average Bonchev–Trinajstić information content (AvgIpc) is 3.33. The van der Waals surface area contributed by atoms with Crippen molar-refractivity contribution >= 4 is 32.9 Å². The normalized spacial score (nSPS) is 11.7. The number of aromatic nitrogens is 1. The summed E-state index contributed by atoms with van der Waals surface area (Å²) in [4.78, 5) is 4.71. The van der Waals surface area contributed by atoms with Crippen LogP contribution in [-0.4, -0.2) is 4.98 Å². The third-order valence-corrected chi connectivity index (χ3v) is 6.01. The van der Waals surface area contributed by atoms with Crippen molar-refractivity contribution in [2.75, 3.05) is 0 Å². The Labute approximate surface area is 179 Å². The third-order valence-electron chi connectivity index (χ3n) is 6.01. The molecule has 0 bridgehead atoms. The molecule has 3 heteroatoms. The first-order chi connectivity index (χ1) is 15.1. The second kappa shape index (κ2) is 6.58. The smallest absolute Gasteiger partial charge is 0.153 e. The van der Waals surface area contributed by atoms with Crippen LogP contribution in [0.4, 0.5) is 0 Å². The van der Waals surface area contributed by atoms with Gasteiger partial charge in [0, 0.05) is 27.3 Å². The number of para-hydroxylation sites is 2. The second-order valence-electron chi connectivity index (χ2n) is 8.27. The Balaban J connectivity index is 1.53. The topological polar surface area (TPSA) is 39.2 Å². The first-order valence-electron chi connectivity index (χ1n) is 10.5. The summed E-state index contributed by atoms with van der Waals surface area (Å²) in [6.07, 6.45) is 1.81. The van der Waals surface area contributed by atoms with Gasteiger partial charge in [0.15, 0.2) is 5.58 Å². The molecule has 3 nitrogen and oxygen atoms in total. The number of nitrogens with zero attached hydrogens (tertiary/aromatic N) is 1. The van der Waals surface area contributed by atoms with E-state index in [1.54, 1.807) is 0 Å². The number of pyridine rings is 1. The molecule has 0 saturated carbocycles. The summed E-state index contributed by atoms with van der Waals surface area (Å²) in [6.45, 7) is 6.39. The van der Waals surface area contributed by atoms with Gasteiger partial charge in [-0.3, -0.25) is 4.98 Å². The van der Waals surface area contributed by atoms with Gasteiger partial charge in [0.1, 0.15) is 16.9 Å². The number of hydrogen-bond donors (Lipinski definition) is 0. The molecule has 3 heterocycles. The molecule has 0 radical (unpaired) electrons. The number of furan rings is 2. The zero-order valence-corrected chi connectivity index (χ0v) is 17.7. The Kier molecular flexibility index (Phi) is 3.81. The molecule has 3 aromatic carbocycles. The predicted octanol–water partition coefficient (Wildman–Crippen LogP) is 7.99. The lowest BCUT2D eigenvalue weighted by Crippen LogP contribution is -1.88. The van der Waals surface area contributed by atoms with Gasteiger partial charge >= 0.3 is 0 Å². The maximum absolute atomic E-state index is 6.20. The quantitative estimate of drug-likeness (QED) is 0.294. The average molecular weight is 403 g/mol. The molecule has 0 atom stereocenters. The van der Waals surface area contributed by atoms with Crippen LogP contribution in [0.1, 0.15) is 16.7 Å². The van der Waals surface area contributed by atoms with Crippen LogP contribution in [0.2, 0.25) is 0 Å². The Hall–Kier alpha value is -3.85. The minimum Gasteiger partial charge on any atom is -0.455 e. The first kappa shape index (κ1) is 18.0. The van der Waals surface area contributed by atoms with Gasteiger partial charge in [0.25, 0.3) is 0 Å². The van der Waals surface area contributed by atoms with Crippen molar-refractivity contribution in [3.63, 3.8) is 0 Å². The number of fused-ring (bicyclic) bond motifs is 4. The van der Waals surface area contributed by atoms with Crippen LogP contribution in [0, 0.1) is 20.8 Å². The molecule has 0 aliphatic carbocycles. The number of rotatable bonds is 2. The lowest BCUT2D eigenvalue weighted by atomic mass is 9.98. The van der Waals surface area contributed by atoms with E-state index in [4.69, 9.17) is 13.8 Å². The van der Waals surface area contributed by atoms with Crippen molar-refractivity contribution in [3.05, 3.63) is 89.6 Å². The number of hydrogen-bond acceptors (Lipinski definition) is 3. The van der Waals surface area contributed by atoms with Crippen molar-refractivity contribution in [1.82, 2.24) is 4.98 Å². The molecular weight excluding hydrogens is 382 g/mol. The van der Waals surface area contributed by atoms with Crippen LogP contribution in [0.15, 0.2) is 81.8 Å². The molecule has 0 N–H and O–H groups in total. The summed E-state index contributed by atoms with van der Waals surface area (Å²) in [7, 11) is 0. The highest BCUT2D eigenvalue weighted by Gasteiger charge is 2.16. The Bertz CT molecular complexity index is 1590. The highest BCUT2D eigenvalue weighted by atomic mass is 16.3. The van der Waals surface area contributed by atoms with Gasteiger partial charge in [-0.05, 0) is 56.2 Å². The molecule has 3 aromatic heterocycles. The van der Waals surface area contributed by atoms with Crippen molar-refractivity contribution < 1.29 is 8.83 Å². The molecule has 0 aliphatic heterocycles. The summed E-state index contributed by atoms with van der Waals surface area (Å²) in [5.74, 6) is 0.880. The molecule has 6 rings (SSSR count). The van der Waals surface area contributed by atoms with Crippen LogP contribution < -0.4 is 0 Å². The van der Waals surface area contributed by atoms with Crippen molar-refractivity contribution in [2.24, 2.45) is 0 Å². The van der Waals surface area contributed by atoms with Gasteiger partial charge in [0.05, 0.1) is 11.9 Å². The summed E-state index contributed by atoms with van der Waals surface area (Å²) >= 11 is 0. The number of benzene rings is 3. The third kappa shape index (κ3) is 2.77. The summed E-state index contributed by atoms with van der Waals surface area (Å²) in [5, 5.41) is 3.26. The maximum Gasteiger partial charge on any atom is 0.153 e. The van der Waals surface area contributed by atoms with E-state index >= 15 is 0 Å². The van der Waals surface area contributed by atoms with Gasteiger partial charge in [-0.1, -0.05) is 48.0 Å². The van der Waals surface area contributed by atoms with E-state index in [1.165, 1.54) is 16.7 Å². The summed E-state index contributed by atoms with van der Waals surface area (Å²) in [6, 6.07) is 22.9. The van der Waals surface area contributed by atoms with Gasteiger partial charge in [-0.15, -0.1) is 0 Å². The predicted molar refractivity (Wildman–Crippen MR) is 126 cm³/mol. The highest BCUT2D eigenvalue weighted by Crippen LogP contribution is 2.37. The molecule has 0 amide bonds. The van der Waals surface area contributed by atoms with Crippen LogP contribution in [-0.2, 0) is 0 Å². The van der Waals surface area contributed by atoms with E-state index in [1.807, 2.05) is 24.4 Å². The van der Waals surface area contributed by atoms with Gasteiger partial charge < -0.3 is 8.83 Å². The fourth-order valence-electron chi connectivity index (χ4n) is 4.73. The van der Waals surface area contributed by atoms with Crippen LogP contribution in [0.3, 0.4) is 0 Å². The fraction of sp³-hybridized carbons (Fsp3) is 0.107. The molecule has 0 saturated heterocycles. The van der Waals surface area contributed by atoms with E-state index in [0.29, 0.717) is 0 Å². The molecule has 0 unspecified atom stereocenters. The molecule has 0 spiro atoms. The van der Waals surface area contributed by atoms with E-state index in [2.05, 4.69) is 69.3 Å². The van der Waals surface area contributed by atoms with Crippen molar-refractivity contribution in [2.45, 2.75) is 20.8 Å². The fourth-order valence-corrected chi connectivity index (χ4v) is 4.73. The molecule has 150 valence electrons. The zero-order chi connectivity index (χ0) is 21.1.